The summed E-state index contributed by atoms with van der Waals surface area (Å²) in [7, 11) is 1.67. The molecule has 0 aliphatic carbocycles. The smallest absolute Gasteiger partial charge is 0.422 e. The fraction of sp³-hybridized carbons (Fsp3) is 0.588. The molecular formula is C17H25F3N4O2. The van der Waals surface area contributed by atoms with Gasteiger partial charge in [-0.3, -0.25) is 9.89 Å². The topological polar surface area (TPSA) is 58.1 Å². The van der Waals surface area contributed by atoms with Gasteiger partial charge in [0.2, 0.25) is 0 Å². The number of hydrogen-bond donors (Lipinski definition) is 2. The molecule has 6 nitrogen and oxygen atoms in total. The second-order valence-electron chi connectivity index (χ2n) is 5.86. The Morgan fingerprint density at radius 3 is 2.73 bits per heavy atom. The summed E-state index contributed by atoms with van der Waals surface area (Å²) in [6.07, 6.45) is -4.35. The molecule has 0 radical (unpaired) electrons. The van der Waals surface area contributed by atoms with Crippen molar-refractivity contribution in [2.24, 2.45) is 4.99 Å². The predicted octanol–water partition coefficient (Wildman–Crippen LogP) is 1.62. The van der Waals surface area contributed by atoms with E-state index in [0.717, 1.165) is 45.0 Å². The number of rotatable bonds is 7. The first-order valence-corrected chi connectivity index (χ1v) is 8.49. The first-order chi connectivity index (χ1) is 12.5. The van der Waals surface area contributed by atoms with Gasteiger partial charge in [0.15, 0.2) is 12.6 Å². The van der Waals surface area contributed by atoms with Crippen molar-refractivity contribution in [2.45, 2.75) is 12.7 Å². The van der Waals surface area contributed by atoms with Crippen molar-refractivity contribution in [3.63, 3.8) is 0 Å². The van der Waals surface area contributed by atoms with E-state index < -0.39 is 12.8 Å². The molecule has 0 bridgehead atoms. The van der Waals surface area contributed by atoms with Gasteiger partial charge in [-0.25, -0.2) is 0 Å². The van der Waals surface area contributed by atoms with Gasteiger partial charge in [0.05, 0.1) is 13.2 Å². The van der Waals surface area contributed by atoms with E-state index in [4.69, 9.17) is 9.47 Å². The van der Waals surface area contributed by atoms with Gasteiger partial charge in [0.1, 0.15) is 5.75 Å². The molecule has 0 aromatic heterocycles. The second kappa shape index (κ2) is 10.2. The molecule has 9 heteroatoms. The maximum atomic E-state index is 12.2. The summed E-state index contributed by atoms with van der Waals surface area (Å²) in [5.41, 5.74) is 0.806. The number of benzene rings is 1. The summed E-state index contributed by atoms with van der Waals surface area (Å²) in [5.74, 6) is 0.830. The maximum Gasteiger partial charge on any atom is 0.422 e. The van der Waals surface area contributed by atoms with Crippen LogP contribution in [0.25, 0.3) is 0 Å². The quantitative estimate of drug-likeness (QED) is 0.561. The van der Waals surface area contributed by atoms with Gasteiger partial charge in [0, 0.05) is 39.8 Å². The molecule has 146 valence electrons. The van der Waals surface area contributed by atoms with Crippen molar-refractivity contribution in [3.05, 3.63) is 29.8 Å². The van der Waals surface area contributed by atoms with Crippen molar-refractivity contribution >= 4 is 5.96 Å². The molecule has 26 heavy (non-hydrogen) atoms. The van der Waals surface area contributed by atoms with Crippen molar-refractivity contribution in [2.75, 3.05) is 53.0 Å². The van der Waals surface area contributed by atoms with E-state index in [-0.39, 0.29) is 5.75 Å². The van der Waals surface area contributed by atoms with Crippen LogP contribution in [0.5, 0.6) is 5.75 Å². The van der Waals surface area contributed by atoms with Gasteiger partial charge in [0.25, 0.3) is 0 Å². The number of alkyl halides is 3. The SMILES string of the molecule is CN=C(NCCN1CCOCC1)NCc1cccc(OCC(F)(F)F)c1. The van der Waals surface area contributed by atoms with Gasteiger partial charge in [-0.05, 0) is 17.7 Å². The number of aliphatic imine (C=N–C) groups is 1. The highest BCUT2D eigenvalue weighted by molar-refractivity contribution is 5.79. The Kier molecular flexibility index (Phi) is 7.99. The Hall–Kier alpha value is -2.00. The van der Waals surface area contributed by atoms with E-state index >= 15 is 0 Å². The fourth-order valence-corrected chi connectivity index (χ4v) is 2.47. The van der Waals surface area contributed by atoms with Crippen molar-refractivity contribution < 1.29 is 22.6 Å². The summed E-state index contributed by atoms with van der Waals surface area (Å²) in [5, 5.41) is 6.36. The molecule has 1 aliphatic heterocycles. The molecule has 0 saturated carbocycles. The molecular weight excluding hydrogens is 349 g/mol. The lowest BCUT2D eigenvalue weighted by Crippen LogP contribution is -2.44. The normalized spacial score (nSPS) is 16.4. The average molecular weight is 374 g/mol. The molecule has 1 heterocycles. The highest BCUT2D eigenvalue weighted by Gasteiger charge is 2.28. The third kappa shape index (κ3) is 7.92. The van der Waals surface area contributed by atoms with E-state index in [2.05, 4.69) is 20.5 Å². The first kappa shape index (κ1) is 20.3. The van der Waals surface area contributed by atoms with E-state index in [9.17, 15) is 13.2 Å². The number of guanidine groups is 1. The summed E-state index contributed by atoms with van der Waals surface area (Å²) in [4.78, 5) is 6.46. The van der Waals surface area contributed by atoms with Gasteiger partial charge in [-0.15, -0.1) is 0 Å². The summed E-state index contributed by atoms with van der Waals surface area (Å²) in [6.45, 7) is 4.16. The van der Waals surface area contributed by atoms with Crippen molar-refractivity contribution in [1.29, 1.82) is 0 Å². The Balaban J connectivity index is 1.73. The van der Waals surface area contributed by atoms with Crippen LogP contribution >= 0.6 is 0 Å². The minimum absolute atomic E-state index is 0.192. The van der Waals surface area contributed by atoms with Gasteiger partial charge >= 0.3 is 6.18 Å². The van der Waals surface area contributed by atoms with Crippen LogP contribution in [0, 0.1) is 0 Å². The molecule has 1 aromatic carbocycles. The number of ether oxygens (including phenoxy) is 2. The molecule has 1 aromatic rings. The Morgan fingerprint density at radius 2 is 2.04 bits per heavy atom. The largest absolute Gasteiger partial charge is 0.484 e. The third-order valence-corrected chi connectivity index (χ3v) is 3.81. The van der Waals surface area contributed by atoms with Gasteiger partial charge in [-0.2, -0.15) is 13.2 Å². The zero-order valence-electron chi connectivity index (χ0n) is 14.8. The minimum atomic E-state index is -4.35. The number of nitrogens with zero attached hydrogens (tertiary/aromatic N) is 2. The lowest BCUT2D eigenvalue weighted by Gasteiger charge is -2.26. The molecule has 0 unspecified atom stereocenters. The highest BCUT2D eigenvalue weighted by Crippen LogP contribution is 2.19. The number of nitrogens with one attached hydrogen (secondary N) is 2. The standard InChI is InChI=1S/C17H25F3N4O2/c1-21-16(22-5-6-24-7-9-25-10-8-24)23-12-14-3-2-4-15(11-14)26-13-17(18,19)20/h2-4,11H,5-10,12-13H2,1H3,(H2,21,22,23). The van der Waals surface area contributed by atoms with E-state index in [1.165, 1.54) is 6.07 Å². The van der Waals surface area contributed by atoms with Crippen molar-refractivity contribution in [1.82, 2.24) is 15.5 Å². The first-order valence-electron chi connectivity index (χ1n) is 8.49. The molecule has 0 atom stereocenters. The summed E-state index contributed by atoms with van der Waals surface area (Å²) < 4.78 is 46.7. The van der Waals surface area contributed by atoms with Crippen LogP contribution in [0.3, 0.4) is 0 Å². The van der Waals surface area contributed by atoms with Gasteiger partial charge in [-0.1, -0.05) is 12.1 Å². The lowest BCUT2D eigenvalue weighted by atomic mass is 10.2. The maximum absolute atomic E-state index is 12.2. The molecule has 1 saturated heterocycles. The van der Waals surface area contributed by atoms with Crippen LogP contribution in [0.2, 0.25) is 0 Å². The molecule has 0 amide bonds. The van der Waals surface area contributed by atoms with Crippen LogP contribution in [0.15, 0.2) is 29.3 Å². The second-order valence-corrected chi connectivity index (χ2v) is 5.86. The minimum Gasteiger partial charge on any atom is -0.484 e. The Bertz CT molecular complexity index is 575. The Labute approximate surface area is 151 Å². The van der Waals surface area contributed by atoms with E-state index in [0.29, 0.717) is 12.5 Å². The summed E-state index contributed by atoms with van der Waals surface area (Å²) in [6, 6.07) is 6.57. The zero-order valence-corrected chi connectivity index (χ0v) is 14.8. The van der Waals surface area contributed by atoms with E-state index in [1.807, 2.05) is 6.07 Å². The predicted molar refractivity (Wildman–Crippen MR) is 93.5 cm³/mol. The van der Waals surface area contributed by atoms with Crippen molar-refractivity contribution in [3.8, 4) is 5.75 Å². The molecule has 0 spiro atoms. The highest BCUT2D eigenvalue weighted by atomic mass is 19.4. The van der Waals surface area contributed by atoms with Crippen LogP contribution < -0.4 is 15.4 Å². The van der Waals surface area contributed by atoms with Crippen LogP contribution in [-0.4, -0.2) is 70.1 Å². The fourth-order valence-electron chi connectivity index (χ4n) is 2.47. The van der Waals surface area contributed by atoms with Gasteiger partial charge < -0.3 is 20.1 Å². The van der Waals surface area contributed by atoms with Crippen LogP contribution in [0.4, 0.5) is 13.2 Å². The number of halogens is 3. The molecule has 2 N–H and O–H groups in total. The average Bonchev–Trinajstić information content (AvgIpc) is 2.63. The Morgan fingerprint density at radius 1 is 1.27 bits per heavy atom. The monoisotopic (exact) mass is 374 g/mol. The number of hydrogen-bond acceptors (Lipinski definition) is 4. The van der Waals surface area contributed by atoms with E-state index in [1.54, 1.807) is 19.2 Å². The molecule has 2 rings (SSSR count). The lowest BCUT2D eigenvalue weighted by molar-refractivity contribution is -0.153. The number of morpholine rings is 1. The molecule has 1 fully saturated rings. The third-order valence-electron chi connectivity index (χ3n) is 3.81. The molecule has 1 aliphatic rings. The van der Waals surface area contributed by atoms with Crippen LogP contribution in [0.1, 0.15) is 5.56 Å². The zero-order chi connectivity index (χ0) is 18.8. The summed E-state index contributed by atoms with van der Waals surface area (Å²) >= 11 is 0. The van der Waals surface area contributed by atoms with Crippen LogP contribution in [-0.2, 0) is 11.3 Å².